The van der Waals surface area contributed by atoms with Crippen molar-refractivity contribution in [2.45, 2.75) is 12.8 Å². The molecule has 2 fully saturated rings. The lowest BCUT2D eigenvalue weighted by molar-refractivity contribution is 0.0296. The first-order chi connectivity index (χ1) is 10.8. The van der Waals surface area contributed by atoms with Gasteiger partial charge < -0.3 is 9.64 Å². The van der Waals surface area contributed by atoms with E-state index in [4.69, 9.17) is 4.74 Å². The second-order valence-electron chi connectivity index (χ2n) is 6.14. The van der Waals surface area contributed by atoms with Crippen LogP contribution >= 0.6 is 0 Å². The Kier molecular flexibility index (Phi) is 4.91. The minimum Gasteiger partial charge on any atom is -0.379 e. The van der Waals surface area contributed by atoms with Crippen molar-refractivity contribution in [3.8, 4) is 6.07 Å². The van der Waals surface area contributed by atoms with E-state index >= 15 is 0 Å². The molecule has 0 bridgehead atoms. The summed E-state index contributed by atoms with van der Waals surface area (Å²) < 4.78 is 18.7. The number of anilines is 1. The number of rotatable bonds is 3. The molecule has 0 amide bonds. The highest BCUT2D eigenvalue weighted by molar-refractivity contribution is 5.59. The Morgan fingerprint density at radius 2 is 2.09 bits per heavy atom. The quantitative estimate of drug-likeness (QED) is 0.858. The van der Waals surface area contributed by atoms with Crippen molar-refractivity contribution in [1.82, 2.24) is 4.90 Å². The van der Waals surface area contributed by atoms with Crippen molar-refractivity contribution in [1.29, 1.82) is 5.26 Å². The fraction of sp³-hybridized carbons (Fsp3) is 0.588. The van der Waals surface area contributed by atoms with Gasteiger partial charge in [0.1, 0.15) is 11.9 Å². The summed E-state index contributed by atoms with van der Waals surface area (Å²) in [6, 6.07) is 6.64. The van der Waals surface area contributed by atoms with E-state index < -0.39 is 0 Å². The first-order valence-corrected chi connectivity index (χ1v) is 8.01. The molecule has 2 aliphatic rings. The molecule has 5 heteroatoms. The minimum atomic E-state index is -0.345. The van der Waals surface area contributed by atoms with Crippen molar-refractivity contribution in [2.24, 2.45) is 5.92 Å². The predicted molar refractivity (Wildman–Crippen MR) is 83.3 cm³/mol. The van der Waals surface area contributed by atoms with Crippen molar-refractivity contribution < 1.29 is 9.13 Å². The van der Waals surface area contributed by atoms with E-state index in [1.54, 1.807) is 6.07 Å². The van der Waals surface area contributed by atoms with Crippen molar-refractivity contribution in [2.75, 3.05) is 50.8 Å². The van der Waals surface area contributed by atoms with E-state index in [9.17, 15) is 9.65 Å². The number of halogens is 1. The maximum Gasteiger partial charge on any atom is 0.124 e. The fourth-order valence-corrected chi connectivity index (χ4v) is 3.46. The Balaban J connectivity index is 1.66. The Hall–Kier alpha value is -1.64. The Labute approximate surface area is 131 Å². The Morgan fingerprint density at radius 3 is 2.86 bits per heavy atom. The lowest BCUT2D eigenvalue weighted by Crippen LogP contribution is -2.44. The zero-order chi connectivity index (χ0) is 15.4. The maximum absolute atomic E-state index is 13.3. The fourth-order valence-electron chi connectivity index (χ4n) is 3.46. The topological polar surface area (TPSA) is 39.5 Å². The summed E-state index contributed by atoms with van der Waals surface area (Å²) in [5, 5.41) is 9.24. The third-order valence-corrected chi connectivity index (χ3v) is 4.56. The van der Waals surface area contributed by atoms with Crippen LogP contribution in [0.3, 0.4) is 0 Å². The van der Waals surface area contributed by atoms with Crippen molar-refractivity contribution in [3.63, 3.8) is 0 Å². The van der Waals surface area contributed by atoms with Crippen molar-refractivity contribution >= 4 is 5.69 Å². The van der Waals surface area contributed by atoms with E-state index in [0.717, 1.165) is 58.0 Å². The number of ether oxygens (including phenoxy) is 1. The van der Waals surface area contributed by atoms with Gasteiger partial charge in [-0.3, -0.25) is 4.90 Å². The van der Waals surface area contributed by atoms with E-state index in [2.05, 4.69) is 15.9 Å². The van der Waals surface area contributed by atoms with Crippen LogP contribution < -0.4 is 4.90 Å². The van der Waals surface area contributed by atoms with Gasteiger partial charge in [-0.2, -0.15) is 5.26 Å². The SMILES string of the molecule is N#Cc1cc(F)ccc1N1CCCC(CN2CCOCC2)C1. The second-order valence-corrected chi connectivity index (χ2v) is 6.14. The lowest BCUT2D eigenvalue weighted by Gasteiger charge is -2.38. The first-order valence-electron chi connectivity index (χ1n) is 8.01. The average Bonchev–Trinajstić information content (AvgIpc) is 2.56. The molecule has 1 unspecified atom stereocenters. The number of morpholine rings is 1. The number of benzene rings is 1. The zero-order valence-corrected chi connectivity index (χ0v) is 12.8. The molecule has 0 N–H and O–H groups in total. The monoisotopic (exact) mass is 303 g/mol. The smallest absolute Gasteiger partial charge is 0.124 e. The van der Waals surface area contributed by atoms with Gasteiger partial charge in [-0.1, -0.05) is 0 Å². The molecule has 3 rings (SSSR count). The molecule has 22 heavy (non-hydrogen) atoms. The van der Waals surface area contributed by atoms with Crippen LogP contribution in [0.5, 0.6) is 0 Å². The summed E-state index contributed by atoms with van der Waals surface area (Å²) >= 11 is 0. The van der Waals surface area contributed by atoms with Crippen LogP contribution in [0.1, 0.15) is 18.4 Å². The lowest BCUT2D eigenvalue weighted by atomic mass is 9.96. The summed E-state index contributed by atoms with van der Waals surface area (Å²) in [5.74, 6) is 0.255. The summed E-state index contributed by atoms with van der Waals surface area (Å²) in [5.41, 5.74) is 1.31. The summed E-state index contributed by atoms with van der Waals surface area (Å²) in [6.07, 6.45) is 2.34. The Morgan fingerprint density at radius 1 is 1.27 bits per heavy atom. The molecule has 2 aliphatic heterocycles. The largest absolute Gasteiger partial charge is 0.379 e. The highest BCUT2D eigenvalue weighted by Gasteiger charge is 2.24. The number of nitrogens with zero attached hydrogens (tertiary/aromatic N) is 3. The van der Waals surface area contributed by atoms with Gasteiger partial charge in [-0.05, 0) is 37.0 Å². The number of piperidine rings is 1. The van der Waals surface area contributed by atoms with Gasteiger partial charge in [0.25, 0.3) is 0 Å². The van der Waals surface area contributed by atoms with E-state index in [1.165, 1.54) is 18.6 Å². The predicted octanol–water partition coefficient (Wildman–Crippen LogP) is 2.25. The molecule has 0 saturated carbocycles. The van der Waals surface area contributed by atoms with Gasteiger partial charge in [0, 0.05) is 32.7 Å². The van der Waals surface area contributed by atoms with Crippen LogP contribution in [0.15, 0.2) is 18.2 Å². The van der Waals surface area contributed by atoms with Gasteiger partial charge in [0.2, 0.25) is 0 Å². The third kappa shape index (κ3) is 3.57. The van der Waals surface area contributed by atoms with Crippen LogP contribution in [0.4, 0.5) is 10.1 Å². The molecule has 0 spiro atoms. The highest BCUT2D eigenvalue weighted by Crippen LogP contribution is 2.27. The molecule has 118 valence electrons. The summed E-state index contributed by atoms with van der Waals surface area (Å²) in [4.78, 5) is 4.71. The molecule has 1 aromatic rings. The van der Waals surface area contributed by atoms with Crippen LogP contribution in [0, 0.1) is 23.1 Å². The summed E-state index contributed by atoms with van der Waals surface area (Å²) in [6.45, 7) is 6.65. The molecular formula is C17H22FN3O. The Bertz CT molecular complexity index is 551. The maximum atomic E-state index is 13.3. The molecular weight excluding hydrogens is 281 g/mol. The number of hydrogen-bond acceptors (Lipinski definition) is 4. The van der Waals surface area contributed by atoms with Crippen LogP contribution in [0.2, 0.25) is 0 Å². The average molecular weight is 303 g/mol. The highest BCUT2D eigenvalue weighted by atomic mass is 19.1. The molecule has 2 saturated heterocycles. The normalized spacial score (nSPS) is 23.3. The molecule has 1 aromatic carbocycles. The molecule has 0 aliphatic carbocycles. The van der Waals surface area contributed by atoms with E-state index in [0.29, 0.717) is 11.5 Å². The molecule has 1 atom stereocenters. The van der Waals surface area contributed by atoms with Crippen LogP contribution in [-0.4, -0.2) is 50.8 Å². The minimum absolute atomic E-state index is 0.345. The molecule has 2 heterocycles. The molecule has 4 nitrogen and oxygen atoms in total. The standard InChI is InChI=1S/C17H22FN3O/c18-16-3-4-17(15(10-16)11-19)21-5-1-2-14(13-21)12-20-6-8-22-9-7-20/h3-4,10,14H,1-2,5-9,12-13H2. The van der Waals surface area contributed by atoms with Crippen LogP contribution in [-0.2, 0) is 4.74 Å². The van der Waals surface area contributed by atoms with E-state index in [1.807, 2.05) is 0 Å². The van der Waals surface area contributed by atoms with Gasteiger partial charge >= 0.3 is 0 Å². The molecule has 0 aromatic heterocycles. The number of nitriles is 1. The first kappa shape index (κ1) is 15.3. The number of hydrogen-bond donors (Lipinski definition) is 0. The zero-order valence-electron chi connectivity index (χ0n) is 12.8. The van der Waals surface area contributed by atoms with Gasteiger partial charge in [0.05, 0.1) is 24.5 Å². The summed E-state index contributed by atoms with van der Waals surface area (Å²) in [7, 11) is 0. The van der Waals surface area contributed by atoms with Gasteiger partial charge in [-0.25, -0.2) is 4.39 Å². The van der Waals surface area contributed by atoms with Gasteiger partial charge in [0.15, 0.2) is 0 Å². The second kappa shape index (κ2) is 7.08. The van der Waals surface area contributed by atoms with Crippen LogP contribution in [0.25, 0.3) is 0 Å². The van der Waals surface area contributed by atoms with Crippen molar-refractivity contribution in [3.05, 3.63) is 29.6 Å². The van der Waals surface area contributed by atoms with E-state index in [-0.39, 0.29) is 5.82 Å². The molecule has 0 radical (unpaired) electrons. The third-order valence-electron chi connectivity index (χ3n) is 4.56. The van der Waals surface area contributed by atoms with Gasteiger partial charge in [-0.15, -0.1) is 0 Å².